The fourth-order valence-electron chi connectivity index (χ4n) is 0.935. The van der Waals surface area contributed by atoms with Gasteiger partial charge in [-0.15, -0.1) is 0 Å². The highest BCUT2D eigenvalue weighted by atomic mass is 16.6. The van der Waals surface area contributed by atoms with Gasteiger partial charge in [-0.3, -0.25) is 0 Å². The zero-order valence-corrected chi connectivity index (χ0v) is 5.77. The Labute approximate surface area is 59.1 Å². The summed E-state index contributed by atoms with van der Waals surface area (Å²) in [6, 6.07) is 0. The summed E-state index contributed by atoms with van der Waals surface area (Å²) in [5.41, 5.74) is 0. The van der Waals surface area contributed by atoms with Crippen molar-refractivity contribution in [3.8, 4) is 0 Å². The second-order valence-corrected chi connectivity index (χ2v) is 2.64. The van der Waals surface area contributed by atoms with Gasteiger partial charge in [-0.2, -0.15) is 0 Å². The molecule has 1 rings (SSSR count). The van der Waals surface area contributed by atoms with Crippen molar-refractivity contribution >= 4 is 0 Å². The molecule has 0 amide bonds. The summed E-state index contributed by atoms with van der Waals surface area (Å²) in [6.07, 6.45) is -2.78. The maximum Gasteiger partial charge on any atom is 0.181 e. The van der Waals surface area contributed by atoms with Crippen LogP contribution in [0.5, 0.6) is 0 Å². The minimum atomic E-state index is -1.14. The van der Waals surface area contributed by atoms with Gasteiger partial charge < -0.3 is 20.1 Å². The number of hydrogen-bond acceptors (Lipinski definition) is 4. The predicted molar refractivity (Wildman–Crippen MR) is 33.1 cm³/mol. The molecule has 4 heteroatoms. The number of rotatable bonds is 0. The molecule has 1 saturated heterocycles. The van der Waals surface area contributed by atoms with Crippen molar-refractivity contribution < 1.29 is 20.1 Å². The third-order valence-corrected chi connectivity index (χ3v) is 1.88. The molecule has 4 atom stereocenters. The zero-order valence-electron chi connectivity index (χ0n) is 5.77. The molecule has 1 heterocycles. The Kier molecular flexibility index (Phi) is 2.25. The van der Waals surface area contributed by atoms with Crippen LogP contribution in [-0.2, 0) is 4.74 Å². The lowest BCUT2D eigenvalue weighted by Gasteiger charge is -2.33. The minimum Gasteiger partial charge on any atom is -0.390 e. The summed E-state index contributed by atoms with van der Waals surface area (Å²) in [7, 11) is 0. The van der Waals surface area contributed by atoms with E-state index in [1.165, 1.54) is 0 Å². The SMILES string of the molecule is C[C@H]1[C@H](O)COC(O)[C@@H]1O. The molecule has 1 fully saturated rings. The number of hydrogen-bond donors (Lipinski definition) is 3. The van der Waals surface area contributed by atoms with E-state index < -0.39 is 18.5 Å². The summed E-state index contributed by atoms with van der Waals surface area (Å²) in [6.45, 7) is 1.76. The molecule has 1 aliphatic heterocycles. The Morgan fingerprint density at radius 1 is 1.30 bits per heavy atom. The van der Waals surface area contributed by atoms with Crippen molar-refractivity contribution in [3.05, 3.63) is 0 Å². The lowest BCUT2D eigenvalue weighted by atomic mass is 9.96. The summed E-state index contributed by atoms with van der Waals surface area (Å²) in [5.74, 6) is -0.316. The molecule has 0 aliphatic carbocycles. The van der Waals surface area contributed by atoms with Gasteiger partial charge in [0.05, 0.1) is 12.7 Å². The van der Waals surface area contributed by atoms with E-state index in [0.29, 0.717) is 0 Å². The van der Waals surface area contributed by atoms with Crippen LogP contribution in [0.15, 0.2) is 0 Å². The first-order valence-corrected chi connectivity index (χ1v) is 3.28. The lowest BCUT2D eigenvalue weighted by molar-refractivity contribution is -0.233. The van der Waals surface area contributed by atoms with E-state index in [4.69, 9.17) is 15.3 Å². The number of aliphatic hydroxyl groups is 3. The smallest absolute Gasteiger partial charge is 0.181 e. The summed E-state index contributed by atoms with van der Waals surface area (Å²) in [4.78, 5) is 0. The highest BCUT2D eigenvalue weighted by Crippen LogP contribution is 2.18. The maximum atomic E-state index is 9.08. The molecule has 10 heavy (non-hydrogen) atoms. The standard InChI is InChI=1S/C6H12O4/c1-3-4(7)2-10-6(9)5(3)8/h3-9H,2H2,1H3/t3-,4+,5+,6?/m0/s1. The van der Waals surface area contributed by atoms with Crippen molar-refractivity contribution in [1.82, 2.24) is 0 Å². The molecule has 0 radical (unpaired) electrons. The summed E-state index contributed by atoms with van der Waals surface area (Å²) >= 11 is 0. The minimum absolute atomic E-state index is 0.0966. The van der Waals surface area contributed by atoms with E-state index in [2.05, 4.69) is 4.74 Å². The van der Waals surface area contributed by atoms with Crippen LogP contribution in [0.2, 0.25) is 0 Å². The van der Waals surface area contributed by atoms with E-state index in [0.717, 1.165) is 0 Å². The average molecular weight is 148 g/mol. The van der Waals surface area contributed by atoms with Crippen molar-refractivity contribution in [1.29, 1.82) is 0 Å². The molecule has 4 nitrogen and oxygen atoms in total. The molecule has 0 bridgehead atoms. The van der Waals surface area contributed by atoms with Gasteiger partial charge in [0, 0.05) is 5.92 Å². The van der Waals surface area contributed by atoms with Gasteiger partial charge in [0.15, 0.2) is 6.29 Å². The molecule has 0 saturated carbocycles. The summed E-state index contributed by atoms with van der Waals surface area (Å²) in [5, 5.41) is 27.0. The molecule has 3 N–H and O–H groups in total. The molecular formula is C6H12O4. The van der Waals surface area contributed by atoms with Crippen molar-refractivity contribution in [2.24, 2.45) is 5.92 Å². The molecule has 0 aromatic carbocycles. The Morgan fingerprint density at radius 3 is 2.40 bits per heavy atom. The summed E-state index contributed by atoms with van der Waals surface area (Å²) < 4.78 is 4.63. The monoisotopic (exact) mass is 148 g/mol. The fraction of sp³-hybridized carbons (Fsp3) is 1.00. The molecular weight excluding hydrogens is 136 g/mol. The van der Waals surface area contributed by atoms with E-state index >= 15 is 0 Å². The van der Waals surface area contributed by atoms with Crippen LogP contribution in [0.25, 0.3) is 0 Å². The third-order valence-electron chi connectivity index (χ3n) is 1.88. The molecule has 0 aromatic rings. The molecule has 1 aliphatic rings. The van der Waals surface area contributed by atoms with Crippen LogP contribution >= 0.6 is 0 Å². The average Bonchev–Trinajstić information content (AvgIpc) is 1.93. The van der Waals surface area contributed by atoms with Crippen molar-refractivity contribution in [2.45, 2.75) is 25.4 Å². The van der Waals surface area contributed by atoms with Crippen LogP contribution in [0, 0.1) is 5.92 Å². The van der Waals surface area contributed by atoms with Crippen molar-refractivity contribution in [3.63, 3.8) is 0 Å². The molecule has 1 unspecified atom stereocenters. The van der Waals surface area contributed by atoms with Gasteiger partial charge in [-0.1, -0.05) is 6.92 Å². The van der Waals surface area contributed by atoms with Crippen molar-refractivity contribution in [2.75, 3.05) is 6.61 Å². The molecule has 0 spiro atoms. The van der Waals surface area contributed by atoms with Gasteiger partial charge in [0.1, 0.15) is 6.10 Å². The number of aliphatic hydroxyl groups excluding tert-OH is 3. The lowest BCUT2D eigenvalue weighted by Crippen LogP contribution is -2.47. The fourth-order valence-corrected chi connectivity index (χ4v) is 0.935. The first-order chi connectivity index (χ1) is 4.63. The van der Waals surface area contributed by atoms with Crippen LogP contribution in [-0.4, -0.2) is 40.4 Å². The van der Waals surface area contributed by atoms with Crippen LogP contribution in [0.1, 0.15) is 6.92 Å². The maximum absolute atomic E-state index is 9.08. The normalized spacial score (nSPS) is 49.2. The van der Waals surface area contributed by atoms with Gasteiger partial charge in [-0.25, -0.2) is 0 Å². The van der Waals surface area contributed by atoms with Crippen LogP contribution in [0.3, 0.4) is 0 Å². The van der Waals surface area contributed by atoms with Gasteiger partial charge in [0.2, 0.25) is 0 Å². The predicted octanol–water partition coefficient (Wildman–Crippen LogP) is -1.31. The van der Waals surface area contributed by atoms with Crippen LogP contribution in [0.4, 0.5) is 0 Å². The zero-order chi connectivity index (χ0) is 7.72. The highest BCUT2D eigenvalue weighted by Gasteiger charge is 2.34. The van der Waals surface area contributed by atoms with E-state index in [1.54, 1.807) is 6.92 Å². The Hall–Kier alpha value is -0.160. The first-order valence-electron chi connectivity index (χ1n) is 3.28. The second-order valence-electron chi connectivity index (χ2n) is 2.64. The quantitative estimate of drug-likeness (QED) is 0.399. The second kappa shape index (κ2) is 2.84. The van der Waals surface area contributed by atoms with E-state index in [9.17, 15) is 0 Å². The van der Waals surface area contributed by atoms with Gasteiger partial charge in [0.25, 0.3) is 0 Å². The van der Waals surface area contributed by atoms with Gasteiger partial charge >= 0.3 is 0 Å². The largest absolute Gasteiger partial charge is 0.390 e. The number of ether oxygens (including phenoxy) is 1. The topological polar surface area (TPSA) is 69.9 Å². The van der Waals surface area contributed by atoms with E-state index in [-0.39, 0.29) is 12.5 Å². The van der Waals surface area contributed by atoms with Crippen LogP contribution < -0.4 is 0 Å². The molecule has 0 aromatic heterocycles. The Morgan fingerprint density at radius 2 is 1.90 bits per heavy atom. The Balaban J connectivity index is 2.52. The first kappa shape index (κ1) is 7.94. The highest BCUT2D eigenvalue weighted by molar-refractivity contribution is 4.78. The van der Waals surface area contributed by atoms with E-state index in [1.807, 2.05) is 0 Å². The third kappa shape index (κ3) is 1.29. The van der Waals surface area contributed by atoms with Gasteiger partial charge in [-0.05, 0) is 0 Å². The Bertz CT molecular complexity index is 102. The molecule has 60 valence electrons.